The van der Waals surface area contributed by atoms with E-state index in [0.717, 1.165) is 17.3 Å². The van der Waals surface area contributed by atoms with E-state index in [4.69, 9.17) is 0 Å². The summed E-state index contributed by atoms with van der Waals surface area (Å²) in [5.41, 5.74) is 1.11. The molecule has 6 heteroatoms. The molecule has 0 aliphatic heterocycles. The minimum atomic E-state index is -4.35. The third kappa shape index (κ3) is 3.07. The number of alkyl halides is 3. The van der Waals surface area contributed by atoms with Crippen LogP contribution in [-0.2, 0) is 19.8 Å². The number of nitrogens with one attached hydrogen (secondary N) is 1. The summed E-state index contributed by atoms with van der Waals surface area (Å²) in [5, 5.41) is 6.97. The normalized spacial score (nSPS) is 11.6. The lowest BCUT2D eigenvalue weighted by Gasteiger charge is -2.14. The number of anilines is 1. The van der Waals surface area contributed by atoms with Crippen LogP contribution in [0.2, 0.25) is 0 Å². The predicted molar refractivity (Wildman–Crippen MR) is 66.7 cm³/mol. The third-order valence-corrected chi connectivity index (χ3v) is 2.82. The molecule has 2 rings (SSSR count). The Morgan fingerprint density at radius 2 is 1.95 bits per heavy atom. The van der Waals surface area contributed by atoms with Crippen molar-refractivity contribution < 1.29 is 13.2 Å². The van der Waals surface area contributed by atoms with Crippen LogP contribution in [0, 0.1) is 6.92 Å². The Balaban J connectivity index is 2.18. The molecule has 0 aliphatic carbocycles. The summed E-state index contributed by atoms with van der Waals surface area (Å²) in [4.78, 5) is 0. The highest BCUT2D eigenvalue weighted by molar-refractivity contribution is 5.52. The molecule has 102 valence electrons. The van der Waals surface area contributed by atoms with Crippen LogP contribution in [0.15, 0.2) is 30.5 Å². The minimum Gasteiger partial charge on any atom is -0.380 e. The van der Waals surface area contributed by atoms with Crippen LogP contribution in [0.5, 0.6) is 0 Å². The van der Waals surface area contributed by atoms with E-state index < -0.39 is 11.7 Å². The van der Waals surface area contributed by atoms with Crippen LogP contribution in [0.25, 0.3) is 0 Å². The van der Waals surface area contributed by atoms with E-state index in [1.807, 2.05) is 6.92 Å². The van der Waals surface area contributed by atoms with E-state index >= 15 is 0 Å². The second-order valence-corrected chi connectivity index (χ2v) is 4.31. The lowest BCUT2D eigenvalue weighted by atomic mass is 10.1. The van der Waals surface area contributed by atoms with Crippen molar-refractivity contribution in [3.05, 3.63) is 47.3 Å². The molecule has 0 saturated carbocycles. The van der Waals surface area contributed by atoms with Crippen molar-refractivity contribution in [3.8, 4) is 0 Å². The van der Waals surface area contributed by atoms with Gasteiger partial charge in [0.1, 0.15) is 0 Å². The summed E-state index contributed by atoms with van der Waals surface area (Å²) in [7, 11) is 1.78. The van der Waals surface area contributed by atoms with Gasteiger partial charge in [-0.15, -0.1) is 0 Å². The predicted octanol–water partition coefficient (Wildman–Crippen LogP) is 3.36. The summed E-state index contributed by atoms with van der Waals surface area (Å²) in [5.74, 6) is 0. The average molecular weight is 269 g/mol. The summed E-state index contributed by atoms with van der Waals surface area (Å²) < 4.78 is 40.0. The number of hydrogen-bond donors (Lipinski definition) is 1. The number of nitrogens with zero attached hydrogens (tertiary/aromatic N) is 2. The lowest BCUT2D eigenvalue weighted by Crippen LogP contribution is -2.10. The Morgan fingerprint density at radius 3 is 2.53 bits per heavy atom. The molecule has 0 atom stereocenters. The fourth-order valence-corrected chi connectivity index (χ4v) is 1.90. The molecule has 0 aliphatic rings. The number of aryl methyl sites for hydroxylation is 2. The highest BCUT2D eigenvalue weighted by atomic mass is 19.4. The SMILES string of the molecule is Cc1nn(C)cc1CNc1ccccc1C(F)(F)F. The van der Waals surface area contributed by atoms with E-state index in [1.54, 1.807) is 24.0 Å². The molecule has 3 nitrogen and oxygen atoms in total. The second-order valence-electron chi connectivity index (χ2n) is 4.31. The van der Waals surface area contributed by atoms with Crippen molar-refractivity contribution in [2.45, 2.75) is 19.6 Å². The van der Waals surface area contributed by atoms with Crippen LogP contribution in [0.3, 0.4) is 0 Å². The van der Waals surface area contributed by atoms with Gasteiger partial charge in [-0.05, 0) is 19.1 Å². The molecule has 1 aromatic carbocycles. The largest absolute Gasteiger partial charge is 0.418 e. The Labute approximate surface area is 109 Å². The summed E-state index contributed by atoms with van der Waals surface area (Å²) in [6.07, 6.45) is -2.56. The fraction of sp³-hybridized carbons (Fsp3) is 0.308. The summed E-state index contributed by atoms with van der Waals surface area (Å²) >= 11 is 0. The first-order chi connectivity index (χ1) is 8.88. The highest BCUT2D eigenvalue weighted by Gasteiger charge is 2.33. The maximum Gasteiger partial charge on any atom is 0.418 e. The Morgan fingerprint density at radius 1 is 1.26 bits per heavy atom. The molecule has 0 unspecified atom stereocenters. The molecular weight excluding hydrogens is 255 g/mol. The van der Waals surface area contributed by atoms with Crippen molar-refractivity contribution in [1.82, 2.24) is 9.78 Å². The third-order valence-electron chi connectivity index (χ3n) is 2.82. The molecule has 0 fully saturated rings. The van der Waals surface area contributed by atoms with Gasteiger partial charge in [0.15, 0.2) is 0 Å². The molecule has 0 amide bonds. The standard InChI is InChI=1S/C13H14F3N3/c1-9-10(8-19(2)18-9)7-17-12-6-4-3-5-11(12)13(14,15)16/h3-6,8,17H,7H2,1-2H3. The minimum absolute atomic E-state index is 0.0817. The molecule has 1 N–H and O–H groups in total. The van der Waals surface area contributed by atoms with Gasteiger partial charge in [-0.2, -0.15) is 18.3 Å². The van der Waals surface area contributed by atoms with Crippen LogP contribution < -0.4 is 5.32 Å². The van der Waals surface area contributed by atoms with Gasteiger partial charge in [-0.3, -0.25) is 4.68 Å². The summed E-state index contributed by atoms with van der Waals surface area (Å²) in [6, 6.07) is 5.45. The van der Waals surface area contributed by atoms with Gasteiger partial charge in [0.05, 0.1) is 11.3 Å². The van der Waals surface area contributed by atoms with Crippen LogP contribution in [-0.4, -0.2) is 9.78 Å². The number of aromatic nitrogens is 2. The van der Waals surface area contributed by atoms with E-state index in [2.05, 4.69) is 10.4 Å². The maximum atomic E-state index is 12.8. The average Bonchev–Trinajstić information content (AvgIpc) is 2.64. The highest BCUT2D eigenvalue weighted by Crippen LogP contribution is 2.34. The molecule has 1 aromatic heterocycles. The van der Waals surface area contributed by atoms with Crippen molar-refractivity contribution >= 4 is 5.69 Å². The molecule has 1 heterocycles. The molecule has 0 bridgehead atoms. The molecule has 19 heavy (non-hydrogen) atoms. The zero-order valence-corrected chi connectivity index (χ0v) is 10.6. The first-order valence-electron chi connectivity index (χ1n) is 5.77. The Hall–Kier alpha value is -1.98. The topological polar surface area (TPSA) is 29.9 Å². The van der Waals surface area contributed by atoms with Crippen LogP contribution in [0.4, 0.5) is 18.9 Å². The van der Waals surface area contributed by atoms with Gasteiger partial charge in [0.25, 0.3) is 0 Å². The first kappa shape index (κ1) is 13.5. The van der Waals surface area contributed by atoms with Crippen molar-refractivity contribution in [1.29, 1.82) is 0 Å². The van der Waals surface area contributed by atoms with E-state index in [0.29, 0.717) is 6.54 Å². The number of rotatable bonds is 3. The second kappa shape index (κ2) is 4.95. The molecule has 0 radical (unpaired) electrons. The Kier molecular flexibility index (Phi) is 3.50. The molecule has 0 spiro atoms. The van der Waals surface area contributed by atoms with E-state index in [1.165, 1.54) is 12.1 Å². The van der Waals surface area contributed by atoms with Crippen LogP contribution in [0.1, 0.15) is 16.8 Å². The van der Waals surface area contributed by atoms with Gasteiger partial charge in [-0.1, -0.05) is 12.1 Å². The number of hydrogen-bond acceptors (Lipinski definition) is 2. The Bertz CT molecular complexity index is 573. The smallest absolute Gasteiger partial charge is 0.380 e. The van der Waals surface area contributed by atoms with Gasteiger partial charge in [-0.25, -0.2) is 0 Å². The van der Waals surface area contributed by atoms with E-state index in [9.17, 15) is 13.2 Å². The number of para-hydroxylation sites is 1. The van der Waals surface area contributed by atoms with Crippen molar-refractivity contribution in [2.75, 3.05) is 5.32 Å². The molecular formula is C13H14F3N3. The van der Waals surface area contributed by atoms with Gasteiger partial charge in [0.2, 0.25) is 0 Å². The van der Waals surface area contributed by atoms with E-state index in [-0.39, 0.29) is 5.69 Å². The summed E-state index contributed by atoms with van der Waals surface area (Å²) in [6.45, 7) is 2.14. The quantitative estimate of drug-likeness (QED) is 0.926. The fourth-order valence-electron chi connectivity index (χ4n) is 1.90. The first-order valence-corrected chi connectivity index (χ1v) is 5.77. The zero-order valence-electron chi connectivity index (χ0n) is 10.6. The van der Waals surface area contributed by atoms with Gasteiger partial charge in [0, 0.05) is 31.0 Å². The monoisotopic (exact) mass is 269 g/mol. The number of halogens is 3. The molecule has 0 saturated heterocycles. The number of benzene rings is 1. The lowest BCUT2D eigenvalue weighted by molar-refractivity contribution is -0.136. The van der Waals surface area contributed by atoms with Crippen molar-refractivity contribution in [2.24, 2.45) is 7.05 Å². The zero-order chi connectivity index (χ0) is 14.0. The van der Waals surface area contributed by atoms with Crippen molar-refractivity contribution in [3.63, 3.8) is 0 Å². The van der Waals surface area contributed by atoms with Gasteiger partial charge < -0.3 is 5.32 Å². The van der Waals surface area contributed by atoms with Crippen LogP contribution >= 0.6 is 0 Å². The van der Waals surface area contributed by atoms with Gasteiger partial charge >= 0.3 is 6.18 Å². The molecule has 2 aromatic rings. The maximum absolute atomic E-state index is 12.8.